The fourth-order valence-electron chi connectivity index (χ4n) is 4.28. The Morgan fingerprint density at radius 1 is 1.16 bits per heavy atom. The van der Waals surface area contributed by atoms with Crippen LogP contribution in [0.5, 0.6) is 0 Å². The van der Waals surface area contributed by atoms with Gasteiger partial charge in [0.05, 0.1) is 11.1 Å². The quantitative estimate of drug-likeness (QED) is 0.519. The summed E-state index contributed by atoms with van der Waals surface area (Å²) in [4.78, 5) is 6.86. The zero-order valence-electron chi connectivity index (χ0n) is 17.7. The maximum atomic E-state index is 12.9. The van der Waals surface area contributed by atoms with E-state index in [4.69, 9.17) is 0 Å². The largest absolute Gasteiger partial charge is 0.371 e. The molecule has 1 aliphatic heterocycles. The molecule has 1 N–H and O–H groups in total. The van der Waals surface area contributed by atoms with Crippen LogP contribution in [0.3, 0.4) is 0 Å². The molecule has 0 radical (unpaired) electrons. The van der Waals surface area contributed by atoms with E-state index in [9.17, 15) is 8.42 Å². The van der Waals surface area contributed by atoms with E-state index < -0.39 is 10.0 Å². The summed E-state index contributed by atoms with van der Waals surface area (Å²) in [6.07, 6.45) is 6.28. The van der Waals surface area contributed by atoms with Crippen molar-refractivity contribution < 1.29 is 8.42 Å². The summed E-state index contributed by atoms with van der Waals surface area (Å²) in [6, 6.07) is 9.65. The van der Waals surface area contributed by atoms with Gasteiger partial charge in [-0.05, 0) is 42.7 Å². The number of aryl methyl sites for hydroxylation is 2. The molecule has 4 aromatic rings. The number of hydrogen-bond acceptors (Lipinski definition) is 5. The lowest BCUT2D eigenvalue weighted by Crippen LogP contribution is -2.19. The van der Waals surface area contributed by atoms with Crippen molar-refractivity contribution >= 4 is 32.4 Å². The Labute approximate surface area is 181 Å². The Morgan fingerprint density at radius 2 is 2.00 bits per heavy atom. The molecule has 0 unspecified atom stereocenters. The van der Waals surface area contributed by atoms with E-state index in [1.165, 1.54) is 22.0 Å². The van der Waals surface area contributed by atoms with Crippen molar-refractivity contribution in [2.45, 2.75) is 18.4 Å². The van der Waals surface area contributed by atoms with Crippen molar-refractivity contribution in [2.75, 3.05) is 22.7 Å². The average molecular weight is 437 g/mol. The summed E-state index contributed by atoms with van der Waals surface area (Å²) in [6.45, 7) is 4.15. The van der Waals surface area contributed by atoms with Gasteiger partial charge in [-0.3, -0.25) is 9.40 Å². The van der Waals surface area contributed by atoms with Gasteiger partial charge in [0.1, 0.15) is 5.65 Å². The van der Waals surface area contributed by atoms with Crippen LogP contribution in [0.25, 0.3) is 22.2 Å². The van der Waals surface area contributed by atoms with Gasteiger partial charge in [0, 0.05) is 57.0 Å². The van der Waals surface area contributed by atoms with Crippen molar-refractivity contribution in [1.29, 1.82) is 0 Å². The van der Waals surface area contributed by atoms with Gasteiger partial charge in [-0.1, -0.05) is 12.1 Å². The fourth-order valence-corrected chi connectivity index (χ4v) is 5.32. The van der Waals surface area contributed by atoms with Gasteiger partial charge in [-0.25, -0.2) is 4.98 Å². The first-order chi connectivity index (χ1) is 14.9. The van der Waals surface area contributed by atoms with Crippen molar-refractivity contribution in [1.82, 2.24) is 19.3 Å². The SMILES string of the molecule is CCN1CCc2ccc(-c3cn(C)c4nccc(NS(=O)(=O)c5ccn(C)n5)c34)cc21. The Bertz CT molecular complexity index is 1400. The lowest BCUT2D eigenvalue weighted by molar-refractivity contribution is 0.593. The zero-order chi connectivity index (χ0) is 21.8. The van der Waals surface area contributed by atoms with E-state index in [0.29, 0.717) is 11.3 Å². The molecule has 0 aliphatic carbocycles. The Balaban J connectivity index is 1.65. The molecule has 0 amide bonds. The molecular weight excluding hydrogens is 412 g/mol. The molecule has 0 bridgehead atoms. The van der Waals surface area contributed by atoms with Crippen LogP contribution in [-0.4, -0.2) is 40.8 Å². The molecular formula is C22H24N6O2S. The minimum Gasteiger partial charge on any atom is -0.371 e. The van der Waals surface area contributed by atoms with E-state index in [1.54, 1.807) is 25.5 Å². The molecule has 0 saturated carbocycles. The summed E-state index contributed by atoms with van der Waals surface area (Å²) >= 11 is 0. The number of aromatic nitrogens is 4. The second-order valence-electron chi connectivity index (χ2n) is 7.82. The van der Waals surface area contributed by atoms with E-state index in [1.807, 2.05) is 17.8 Å². The topological polar surface area (TPSA) is 85.0 Å². The van der Waals surface area contributed by atoms with Crippen LogP contribution in [-0.2, 0) is 30.5 Å². The Morgan fingerprint density at radius 3 is 2.74 bits per heavy atom. The van der Waals surface area contributed by atoms with Gasteiger partial charge < -0.3 is 9.47 Å². The highest BCUT2D eigenvalue weighted by molar-refractivity contribution is 7.92. The third kappa shape index (κ3) is 3.25. The highest BCUT2D eigenvalue weighted by atomic mass is 32.2. The zero-order valence-corrected chi connectivity index (χ0v) is 18.5. The van der Waals surface area contributed by atoms with Crippen LogP contribution >= 0.6 is 0 Å². The van der Waals surface area contributed by atoms with Crippen molar-refractivity contribution in [3.8, 4) is 11.1 Å². The summed E-state index contributed by atoms with van der Waals surface area (Å²) in [5.41, 5.74) is 5.77. The number of hydrogen-bond donors (Lipinski definition) is 1. The third-order valence-electron chi connectivity index (χ3n) is 5.84. The molecule has 1 aromatic carbocycles. The van der Waals surface area contributed by atoms with E-state index in [0.717, 1.165) is 36.0 Å². The van der Waals surface area contributed by atoms with Crippen molar-refractivity contribution in [3.63, 3.8) is 0 Å². The average Bonchev–Trinajstić information content (AvgIpc) is 3.45. The first-order valence-corrected chi connectivity index (χ1v) is 11.7. The summed E-state index contributed by atoms with van der Waals surface area (Å²) < 4.78 is 32.0. The summed E-state index contributed by atoms with van der Waals surface area (Å²) in [5.74, 6) is 0. The second-order valence-corrected chi connectivity index (χ2v) is 9.45. The first-order valence-electron chi connectivity index (χ1n) is 10.2. The highest BCUT2D eigenvalue weighted by Crippen LogP contribution is 2.38. The molecule has 4 heterocycles. The minimum atomic E-state index is -3.82. The predicted molar refractivity (Wildman–Crippen MR) is 122 cm³/mol. The van der Waals surface area contributed by atoms with Crippen LogP contribution in [0.15, 0.2) is 53.9 Å². The lowest BCUT2D eigenvalue weighted by atomic mass is 10.0. The van der Waals surface area contributed by atoms with Gasteiger partial charge >= 0.3 is 0 Å². The van der Waals surface area contributed by atoms with Crippen LogP contribution in [0.4, 0.5) is 11.4 Å². The predicted octanol–water partition coefficient (Wildman–Crippen LogP) is 3.16. The molecule has 9 heteroatoms. The van der Waals surface area contributed by atoms with Gasteiger partial charge in [-0.15, -0.1) is 0 Å². The Kier molecular flexibility index (Phi) is 4.51. The van der Waals surface area contributed by atoms with Gasteiger partial charge in [-0.2, -0.15) is 13.5 Å². The standard InChI is InChI=1S/C22H24N6O2S/c1-4-28-12-8-15-5-6-16(13-19(15)28)17-14-26(2)22-21(17)18(7-10-23-22)25-31(29,30)20-9-11-27(3)24-20/h5-7,9-11,13-14H,4,8,12H2,1-3H3,(H,23,25). The maximum Gasteiger partial charge on any atom is 0.281 e. The molecule has 160 valence electrons. The number of nitrogens with one attached hydrogen (secondary N) is 1. The number of anilines is 2. The van der Waals surface area contributed by atoms with Crippen molar-refractivity contribution in [3.05, 3.63) is 54.5 Å². The number of rotatable bonds is 5. The molecule has 3 aromatic heterocycles. The summed E-state index contributed by atoms with van der Waals surface area (Å²) in [5, 5.41) is 4.79. The molecule has 0 spiro atoms. The van der Waals surface area contributed by atoms with Crippen LogP contribution in [0.1, 0.15) is 12.5 Å². The van der Waals surface area contributed by atoms with Crippen LogP contribution < -0.4 is 9.62 Å². The third-order valence-corrected chi connectivity index (χ3v) is 7.09. The molecule has 1 aliphatic rings. The number of pyridine rings is 1. The molecule has 31 heavy (non-hydrogen) atoms. The number of fused-ring (bicyclic) bond motifs is 2. The Hall–Kier alpha value is -3.33. The number of benzene rings is 1. The van der Waals surface area contributed by atoms with Crippen LogP contribution in [0, 0.1) is 0 Å². The van der Waals surface area contributed by atoms with E-state index in [2.05, 4.69) is 44.8 Å². The number of nitrogens with zero attached hydrogens (tertiary/aromatic N) is 5. The lowest BCUT2D eigenvalue weighted by Gasteiger charge is -2.17. The van der Waals surface area contributed by atoms with Gasteiger partial charge in [0.15, 0.2) is 5.03 Å². The molecule has 0 saturated heterocycles. The van der Waals surface area contributed by atoms with Crippen molar-refractivity contribution in [2.24, 2.45) is 14.1 Å². The number of sulfonamides is 1. The normalized spacial score (nSPS) is 13.7. The fraction of sp³-hybridized carbons (Fsp3) is 0.273. The minimum absolute atomic E-state index is 0.0199. The molecule has 0 atom stereocenters. The van der Waals surface area contributed by atoms with E-state index >= 15 is 0 Å². The monoisotopic (exact) mass is 436 g/mol. The smallest absolute Gasteiger partial charge is 0.281 e. The molecule has 8 nitrogen and oxygen atoms in total. The van der Waals surface area contributed by atoms with Gasteiger partial charge in [0.25, 0.3) is 10.0 Å². The van der Waals surface area contributed by atoms with E-state index in [-0.39, 0.29) is 5.03 Å². The summed E-state index contributed by atoms with van der Waals surface area (Å²) in [7, 11) is -0.218. The molecule has 5 rings (SSSR count). The number of likely N-dealkylation sites (N-methyl/N-ethyl adjacent to an activating group) is 1. The van der Waals surface area contributed by atoms with Crippen LogP contribution in [0.2, 0.25) is 0 Å². The maximum absolute atomic E-state index is 12.9. The first kappa shape index (κ1) is 19.6. The molecule has 0 fully saturated rings. The van der Waals surface area contributed by atoms with Gasteiger partial charge in [0.2, 0.25) is 0 Å². The second kappa shape index (κ2) is 7.12. The highest BCUT2D eigenvalue weighted by Gasteiger charge is 2.23.